The monoisotopic (exact) mass is 398 g/mol. The molecule has 0 spiro atoms. The smallest absolute Gasteiger partial charge is 0.504 e. The van der Waals surface area contributed by atoms with Gasteiger partial charge >= 0.3 is 7.82 Å². The summed E-state index contributed by atoms with van der Waals surface area (Å²) < 4.78 is 30.9. The van der Waals surface area contributed by atoms with Crippen molar-refractivity contribution in [3.8, 4) is 34.5 Å². The van der Waals surface area contributed by atoms with Gasteiger partial charge in [-0.2, -0.15) is 0 Å². The number of phosphoric ester groups is 1. The first kappa shape index (κ1) is 20.4. The molecule has 0 aliphatic heterocycles. The van der Waals surface area contributed by atoms with Crippen LogP contribution in [0.2, 0.25) is 0 Å². The number of rotatable bonds is 7. The quantitative estimate of drug-likeness (QED) is 0.315. The summed E-state index contributed by atoms with van der Waals surface area (Å²) in [4.78, 5) is 18.1. The molecule has 0 aliphatic carbocycles. The molecule has 0 aromatic heterocycles. The third kappa shape index (κ3) is 4.85. The third-order valence-electron chi connectivity index (χ3n) is 3.51. The standard InChI is InChI=1S/C17H19O9P/c1-23-12-7-6-11(15(18)16(12)19)5-4-10-8-13(24-2)17(14(9-10)25-3)26-27(20,21)22/h4-9,18-19H,1-3H3,(H2,20,21,22)/b5-4+. The maximum absolute atomic E-state index is 11.1. The number of benzene rings is 2. The van der Waals surface area contributed by atoms with Crippen molar-refractivity contribution in [3.05, 3.63) is 35.4 Å². The summed E-state index contributed by atoms with van der Waals surface area (Å²) in [7, 11) is -0.837. The summed E-state index contributed by atoms with van der Waals surface area (Å²) in [5.74, 6) is -0.771. The fourth-order valence-electron chi connectivity index (χ4n) is 2.27. The van der Waals surface area contributed by atoms with Crippen LogP contribution in [0.1, 0.15) is 11.1 Å². The third-order valence-corrected chi connectivity index (χ3v) is 3.93. The van der Waals surface area contributed by atoms with Gasteiger partial charge in [0.25, 0.3) is 0 Å². The Morgan fingerprint density at radius 2 is 1.41 bits per heavy atom. The molecule has 0 fully saturated rings. The molecule has 0 saturated carbocycles. The summed E-state index contributed by atoms with van der Waals surface area (Å²) >= 11 is 0. The molecule has 0 unspecified atom stereocenters. The minimum atomic E-state index is -4.82. The van der Waals surface area contributed by atoms with Gasteiger partial charge in [-0.05, 0) is 29.8 Å². The van der Waals surface area contributed by atoms with Crippen molar-refractivity contribution < 1.29 is 43.3 Å². The van der Waals surface area contributed by atoms with E-state index in [0.717, 1.165) is 0 Å². The predicted molar refractivity (Wildman–Crippen MR) is 97.5 cm³/mol. The van der Waals surface area contributed by atoms with E-state index in [0.29, 0.717) is 11.1 Å². The molecule has 0 heterocycles. The summed E-state index contributed by atoms with van der Waals surface area (Å²) in [5.41, 5.74) is 0.846. The molecule has 2 aromatic rings. The van der Waals surface area contributed by atoms with Gasteiger partial charge in [0.1, 0.15) is 0 Å². The number of hydrogen-bond donors (Lipinski definition) is 4. The number of ether oxygens (including phenoxy) is 3. The highest BCUT2D eigenvalue weighted by atomic mass is 31.2. The Hall–Kier alpha value is -2.87. The highest BCUT2D eigenvalue weighted by Gasteiger charge is 2.23. The van der Waals surface area contributed by atoms with E-state index in [1.165, 1.54) is 45.6 Å². The lowest BCUT2D eigenvalue weighted by atomic mass is 10.1. The SMILES string of the molecule is COc1ccc(/C=C/c2cc(OC)c(OP(=O)(O)O)c(OC)c2)c(O)c1O. The molecule has 0 amide bonds. The van der Waals surface area contributed by atoms with Crippen molar-refractivity contribution in [2.45, 2.75) is 0 Å². The van der Waals surface area contributed by atoms with Crippen LogP contribution in [0.5, 0.6) is 34.5 Å². The maximum Gasteiger partial charge on any atom is 0.525 e. The van der Waals surface area contributed by atoms with Gasteiger partial charge in [0, 0.05) is 5.56 Å². The molecule has 0 radical (unpaired) electrons. The maximum atomic E-state index is 11.1. The first-order valence-corrected chi connectivity index (χ1v) is 9.01. The molecule has 0 atom stereocenters. The topological polar surface area (TPSA) is 135 Å². The Bertz CT molecular complexity index is 877. The number of aromatic hydroxyl groups is 2. The van der Waals surface area contributed by atoms with Crippen molar-refractivity contribution in [1.82, 2.24) is 0 Å². The Kier molecular flexibility index (Phi) is 6.22. The van der Waals surface area contributed by atoms with E-state index in [4.69, 9.17) is 24.0 Å². The van der Waals surface area contributed by atoms with E-state index in [1.54, 1.807) is 12.1 Å². The molecule has 2 aromatic carbocycles. The van der Waals surface area contributed by atoms with Crippen molar-refractivity contribution in [3.63, 3.8) is 0 Å². The Labute approximate surface area is 155 Å². The number of methoxy groups -OCH3 is 3. The van der Waals surface area contributed by atoms with Crippen LogP contribution in [-0.2, 0) is 4.57 Å². The van der Waals surface area contributed by atoms with Gasteiger partial charge < -0.3 is 28.9 Å². The first-order chi connectivity index (χ1) is 12.7. The average Bonchev–Trinajstić information content (AvgIpc) is 2.62. The molecule has 2 rings (SSSR count). The van der Waals surface area contributed by atoms with Gasteiger partial charge in [0.15, 0.2) is 23.0 Å². The van der Waals surface area contributed by atoms with Crippen molar-refractivity contribution >= 4 is 20.0 Å². The zero-order valence-corrected chi connectivity index (χ0v) is 15.6. The van der Waals surface area contributed by atoms with E-state index in [2.05, 4.69) is 4.52 Å². The minimum Gasteiger partial charge on any atom is -0.504 e. The van der Waals surface area contributed by atoms with Gasteiger partial charge in [-0.3, -0.25) is 9.79 Å². The van der Waals surface area contributed by atoms with Gasteiger partial charge in [-0.25, -0.2) is 4.57 Å². The fraction of sp³-hybridized carbons (Fsp3) is 0.176. The van der Waals surface area contributed by atoms with Gasteiger partial charge in [0.2, 0.25) is 11.5 Å². The summed E-state index contributed by atoms with van der Waals surface area (Å²) in [5, 5.41) is 19.9. The first-order valence-electron chi connectivity index (χ1n) is 7.48. The molecule has 10 heteroatoms. The van der Waals surface area contributed by atoms with Crippen molar-refractivity contribution in [2.24, 2.45) is 0 Å². The number of phenolic OH excluding ortho intramolecular Hbond substituents is 2. The molecule has 4 N–H and O–H groups in total. The van der Waals surface area contributed by atoms with Crippen LogP contribution in [0.3, 0.4) is 0 Å². The average molecular weight is 398 g/mol. The van der Waals surface area contributed by atoms with E-state index in [-0.39, 0.29) is 34.5 Å². The van der Waals surface area contributed by atoms with E-state index >= 15 is 0 Å². The molecule has 0 saturated heterocycles. The molecule has 27 heavy (non-hydrogen) atoms. The van der Waals surface area contributed by atoms with Crippen LogP contribution in [0, 0.1) is 0 Å². The van der Waals surface area contributed by atoms with Gasteiger partial charge in [-0.1, -0.05) is 12.2 Å². The lowest BCUT2D eigenvalue weighted by Gasteiger charge is -2.15. The summed E-state index contributed by atoms with van der Waals surface area (Å²) in [6.07, 6.45) is 3.10. The normalized spacial score (nSPS) is 11.4. The van der Waals surface area contributed by atoms with Crippen LogP contribution in [0.15, 0.2) is 24.3 Å². The van der Waals surface area contributed by atoms with E-state index < -0.39 is 7.82 Å². The Morgan fingerprint density at radius 1 is 0.852 bits per heavy atom. The van der Waals surface area contributed by atoms with Crippen LogP contribution >= 0.6 is 7.82 Å². The van der Waals surface area contributed by atoms with Crippen molar-refractivity contribution in [2.75, 3.05) is 21.3 Å². The molecular weight excluding hydrogens is 379 g/mol. The lowest BCUT2D eigenvalue weighted by molar-refractivity contribution is 0.269. The predicted octanol–water partition coefficient (Wildman–Crippen LogP) is 2.77. The molecule has 0 aliphatic rings. The lowest BCUT2D eigenvalue weighted by Crippen LogP contribution is -1.98. The number of hydrogen-bond acceptors (Lipinski definition) is 7. The molecular formula is C17H19O9P. The van der Waals surface area contributed by atoms with Crippen LogP contribution < -0.4 is 18.7 Å². The van der Waals surface area contributed by atoms with Crippen LogP contribution in [0.25, 0.3) is 12.2 Å². The highest BCUT2D eigenvalue weighted by Crippen LogP contribution is 2.48. The van der Waals surface area contributed by atoms with Crippen molar-refractivity contribution in [1.29, 1.82) is 0 Å². The summed E-state index contributed by atoms with van der Waals surface area (Å²) in [6, 6.07) is 5.96. The molecule has 146 valence electrons. The number of phosphoric acid groups is 1. The second kappa shape index (κ2) is 8.22. The zero-order chi connectivity index (χ0) is 20.2. The molecule has 0 bridgehead atoms. The van der Waals surface area contributed by atoms with Gasteiger partial charge in [-0.15, -0.1) is 0 Å². The highest BCUT2D eigenvalue weighted by molar-refractivity contribution is 7.46. The fourth-order valence-corrected chi connectivity index (χ4v) is 2.69. The largest absolute Gasteiger partial charge is 0.525 e. The number of phenols is 2. The molecule has 9 nitrogen and oxygen atoms in total. The zero-order valence-electron chi connectivity index (χ0n) is 14.7. The Balaban J connectivity index is 2.44. The second-order valence-corrected chi connectivity index (χ2v) is 6.39. The van der Waals surface area contributed by atoms with Gasteiger partial charge in [0.05, 0.1) is 21.3 Å². The van der Waals surface area contributed by atoms with Crippen LogP contribution in [0.4, 0.5) is 0 Å². The summed E-state index contributed by atoms with van der Waals surface area (Å²) in [6.45, 7) is 0. The second-order valence-electron chi connectivity index (χ2n) is 5.22. The minimum absolute atomic E-state index is 0.0409. The van der Waals surface area contributed by atoms with E-state index in [1.807, 2.05) is 0 Å². The Morgan fingerprint density at radius 3 is 1.89 bits per heavy atom. The van der Waals surface area contributed by atoms with E-state index in [9.17, 15) is 14.8 Å². The van der Waals surface area contributed by atoms with Crippen LogP contribution in [-0.4, -0.2) is 41.3 Å².